The highest BCUT2D eigenvalue weighted by Crippen LogP contribution is 2.28. The number of carbonyl (C=O) groups is 1. The molecule has 6 heteroatoms. The molecule has 3 heterocycles. The second-order valence-corrected chi connectivity index (χ2v) is 8.26. The van der Waals surface area contributed by atoms with Gasteiger partial charge in [-0.05, 0) is 51.7 Å². The summed E-state index contributed by atoms with van der Waals surface area (Å²) in [7, 11) is 0. The molecule has 2 aromatic rings. The predicted molar refractivity (Wildman–Crippen MR) is 112 cm³/mol. The zero-order valence-electron chi connectivity index (χ0n) is 17.2. The second-order valence-electron chi connectivity index (χ2n) is 8.26. The average molecular weight is 393 g/mol. The van der Waals surface area contributed by atoms with Gasteiger partial charge in [-0.3, -0.25) is 4.79 Å². The van der Waals surface area contributed by atoms with Gasteiger partial charge in [0.2, 0.25) is 0 Å². The number of para-hydroxylation sites is 1. The third-order valence-corrected chi connectivity index (χ3v) is 6.07. The molecule has 0 unspecified atom stereocenters. The summed E-state index contributed by atoms with van der Waals surface area (Å²) >= 11 is 0. The van der Waals surface area contributed by atoms with Gasteiger partial charge in [-0.25, -0.2) is 4.98 Å². The van der Waals surface area contributed by atoms with Crippen LogP contribution in [0.5, 0.6) is 5.75 Å². The summed E-state index contributed by atoms with van der Waals surface area (Å²) in [5.74, 6) is 0.564. The SMILES string of the molecule is CC(C)N1CCC(Oc2cccc3ccc(C(=O)N4CCC[C@@H]4C#N)nc23)CC1. The maximum absolute atomic E-state index is 12.9. The number of pyridine rings is 1. The molecule has 0 N–H and O–H groups in total. The number of nitrogens with zero attached hydrogens (tertiary/aromatic N) is 4. The summed E-state index contributed by atoms with van der Waals surface area (Å²) in [6.45, 7) is 7.14. The number of rotatable bonds is 4. The lowest BCUT2D eigenvalue weighted by molar-refractivity contribution is 0.0759. The van der Waals surface area contributed by atoms with Gasteiger partial charge < -0.3 is 14.5 Å². The summed E-state index contributed by atoms with van der Waals surface area (Å²) in [5, 5.41) is 10.3. The normalized spacial score (nSPS) is 20.9. The van der Waals surface area contributed by atoms with Gasteiger partial charge in [0, 0.05) is 31.1 Å². The lowest BCUT2D eigenvalue weighted by Crippen LogP contribution is -2.41. The molecule has 0 radical (unpaired) electrons. The van der Waals surface area contributed by atoms with Crippen molar-refractivity contribution in [3.8, 4) is 11.8 Å². The maximum Gasteiger partial charge on any atom is 0.273 e. The largest absolute Gasteiger partial charge is 0.488 e. The molecule has 2 fully saturated rings. The highest BCUT2D eigenvalue weighted by atomic mass is 16.5. The van der Waals surface area contributed by atoms with Crippen molar-refractivity contribution < 1.29 is 9.53 Å². The summed E-state index contributed by atoms with van der Waals surface area (Å²) in [6, 6.07) is 12.0. The van der Waals surface area contributed by atoms with E-state index < -0.39 is 0 Å². The number of likely N-dealkylation sites (tertiary alicyclic amines) is 2. The van der Waals surface area contributed by atoms with E-state index in [1.54, 1.807) is 11.0 Å². The van der Waals surface area contributed by atoms with Gasteiger partial charge in [0.05, 0.1) is 6.07 Å². The van der Waals surface area contributed by atoms with E-state index >= 15 is 0 Å². The lowest BCUT2D eigenvalue weighted by Gasteiger charge is -2.34. The average Bonchev–Trinajstić information content (AvgIpc) is 3.22. The molecular formula is C23H28N4O2. The molecule has 2 aliphatic heterocycles. The monoisotopic (exact) mass is 392 g/mol. The van der Waals surface area contributed by atoms with E-state index in [9.17, 15) is 10.1 Å². The third-order valence-electron chi connectivity index (χ3n) is 6.07. The quantitative estimate of drug-likeness (QED) is 0.795. The molecule has 0 saturated carbocycles. The number of fused-ring (bicyclic) bond motifs is 1. The Kier molecular flexibility index (Phi) is 5.68. The maximum atomic E-state index is 12.9. The number of aromatic nitrogens is 1. The van der Waals surface area contributed by atoms with Gasteiger partial charge in [-0.2, -0.15) is 5.26 Å². The van der Waals surface area contributed by atoms with E-state index in [1.165, 1.54) is 0 Å². The first-order chi connectivity index (χ1) is 14.1. The highest BCUT2D eigenvalue weighted by Gasteiger charge is 2.30. The molecule has 2 aliphatic rings. The van der Waals surface area contributed by atoms with Crippen molar-refractivity contribution in [3.63, 3.8) is 0 Å². The Bertz CT molecular complexity index is 928. The third kappa shape index (κ3) is 4.06. The van der Waals surface area contributed by atoms with Crippen LogP contribution in [-0.2, 0) is 0 Å². The van der Waals surface area contributed by atoms with Crippen LogP contribution in [0.2, 0.25) is 0 Å². The van der Waals surface area contributed by atoms with E-state index in [2.05, 4.69) is 29.8 Å². The van der Waals surface area contributed by atoms with Crippen molar-refractivity contribution in [2.24, 2.45) is 0 Å². The number of piperidine rings is 1. The van der Waals surface area contributed by atoms with Crippen LogP contribution in [0, 0.1) is 11.3 Å². The van der Waals surface area contributed by atoms with E-state index in [1.807, 2.05) is 24.3 Å². The summed E-state index contributed by atoms with van der Waals surface area (Å²) in [6.07, 6.45) is 3.74. The fraction of sp³-hybridized carbons (Fsp3) is 0.522. The first kappa shape index (κ1) is 19.7. The molecule has 1 aromatic heterocycles. The summed E-state index contributed by atoms with van der Waals surface area (Å²) in [4.78, 5) is 21.7. The van der Waals surface area contributed by atoms with Crippen LogP contribution in [0.3, 0.4) is 0 Å². The molecule has 29 heavy (non-hydrogen) atoms. The van der Waals surface area contributed by atoms with E-state index in [0.29, 0.717) is 18.3 Å². The van der Waals surface area contributed by atoms with Crippen LogP contribution >= 0.6 is 0 Å². The van der Waals surface area contributed by atoms with Gasteiger partial charge in [-0.15, -0.1) is 0 Å². The molecule has 4 rings (SSSR count). The molecular weight excluding hydrogens is 364 g/mol. The summed E-state index contributed by atoms with van der Waals surface area (Å²) in [5.41, 5.74) is 1.10. The van der Waals surface area contributed by atoms with Crippen molar-refractivity contribution in [1.29, 1.82) is 5.26 Å². The molecule has 6 nitrogen and oxygen atoms in total. The number of hydrogen-bond acceptors (Lipinski definition) is 5. The number of amides is 1. The summed E-state index contributed by atoms with van der Waals surface area (Å²) < 4.78 is 6.33. The lowest BCUT2D eigenvalue weighted by atomic mass is 10.1. The van der Waals surface area contributed by atoms with Crippen LogP contribution < -0.4 is 4.74 Å². The Labute approximate surface area is 172 Å². The molecule has 152 valence electrons. The Hall–Kier alpha value is -2.65. The van der Waals surface area contributed by atoms with Crippen LogP contribution in [0.15, 0.2) is 30.3 Å². The van der Waals surface area contributed by atoms with Gasteiger partial charge in [0.1, 0.15) is 29.1 Å². The van der Waals surface area contributed by atoms with Gasteiger partial charge >= 0.3 is 0 Å². The molecule has 2 saturated heterocycles. The van der Waals surface area contributed by atoms with Crippen molar-refractivity contribution >= 4 is 16.8 Å². The highest BCUT2D eigenvalue weighted by molar-refractivity contribution is 5.96. The number of nitriles is 1. The van der Waals surface area contributed by atoms with E-state index in [4.69, 9.17) is 4.74 Å². The number of ether oxygens (including phenoxy) is 1. The standard InChI is InChI=1S/C23H28N4O2/c1-16(2)26-13-10-19(11-14-26)29-21-7-3-5-17-8-9-20(25-22(17)21)23(28)27-12-4-6-18(27)15-24/h3,5,7-9,16,18-19H,4,6,10-14H2,1-2H3/t18-/m1/s1. The minimum Gasteiger partial charge on any atom is -0.488 e. The first-order valence-corrected chi connectivity index (χ1v) is 10.6. The zero-order valence-corrected chi connectivity index (χ0v) is 17.2. The predicted octanol–water partition coefficient (Wildman–Crippen LogP) is 3.61. The number of benzene rings is 1. The molecule has 1 aromatic carbocycles. The van der Waals surface area contributed by atoms with Gasteiger partial charge in [0.15, 0.2) is 0 Å². The van der Waals surface area contributed by atoms with Gasteiger partial charge in [0.25, 0.3) is 5.91 Å². The van der Waals surface area contributed by atoms with Crippen LogP contribution in [0.4, 0.5) is 0 Å². The Morgan fingerprint density at radius 1 is 1.17 bits per heavy atom. The molecule has 0 bridgehead atoms. The minimum atomic E-state index is -0.349. The van der Waals surface area contributed by atoms with Crippen molar-refractivity contribution in [2.75, 3.05) is 19.6 Å². The van der Waals surface area contributed by atoms with Crippen LogP contribution in [0.1, 0.15) is 50.0 Å². The zero-order chi connectivity index (χ0) is 20.4. The Balaban J connectivity index is 1.55. The second kappa shape index (κ2) is 8.38. The smallest absolute Gasteiger partial charge is 0.273 e. The van der Waals surface area contributed by atoms with Crippen molar-refractivity contribution in [3.05, 3.63) is 36.0 Å². The van der Waals surface area contributed by atoms with Gasteiger partial charge in [-0.1, -0.05) is 18.2 Å². The van der Waals surface area contributed by atoms with Crippen molar-refractivity contribution in [2.45, 2.75) is 57.7 Å². The Morgan fingerprint density at radius 3 is 2.69 bits per heavy atom. The molecule has 0 spiro atoms. The van der Waals surface area contributed by atoms with Crippen LogP contribution in [-0.4, -0.2) is 58.5 Å². The fourth-order valence-electron chi connectivity index (χ4n) is 4.31. The molecule has 1 amide bonds. The fourth-order valence-corrected chi connectivity index (χ4v) is 4.31. The number of carbonyl (C=O) groups excluding carboxylic acids is 1. The topological polar surface area (TPSA) is 69.5 Å². The number of hydrogen-bond donors (Lipinski definition) is 0. The van der Waals surface area contributed by atoms with Crippen LogP contribution in [0.25, 0.3) is 10.9 Å². The van der Waals surface area contributed by atoms with Crippen molar-refractivity contribution in [1.82, 2.24) is 14.8 Å². The van der Waals surface area contributed by atoms with E-state index in [-0.39, 0.29) is 18.1 Å². The molecule has 1 atom stereocenters. The first-order valence-electron chi connectivity index (χ1n) is 10.6. The minimum absolute atomic E-state index is 0.165. The Morgan fingerprint density at radius 2 is 1.97 bits per heavy atom. The van der Waals surface area contributed by atoms with E-state index in [0.717, 1.165) is 55.4 Å². The molecule has 0 aliphatic carbocycles.